The predicted octanol–water partition coefficient (Wildman–Crippen LogP) is 2.38. The zero-order valence-corrected chi connectivity index (χ0v) is 16.0. The number of carbonyl (C=O) groups excluding carboxylic acids is 1. The highest BCUT2D eigenvalue weighted by Crippen LogP contribution is 2.30. The summed E-state index contributed by atoms with van der Waals surface area (Å²) in [6.07, 6.45) is 3.13. The first-order valence-corrected chi connectivity index (χ1v) is 9.06. The van der Waals surface area contributed by atoms with Gasteiger partial charge in [-0.05, 0) is 50.2 Å². The molecule has 0 bridgehead atoms. The Labute approximate surface area is 159 Å². The molecule has 0 aromatic heterocycles. The van der Waals surface area contributed by atoms with Gasteiger partial charge in [0, 0.05) is 18.5 Å². The number of benzene rings is 1. The highest BCUT2D eigenvalue weighted by Gasteiger charge is 2.12. The summed E-state index contributed by atoms with van der Waals surface area (Å²) >= 11 is 5.21. The van der Waals surface area contributed by atoms with Crippen LogP contribution in [0.15, 0.2) is 23.3 Å². The molecule has 2 rings (SSSR count). The van der Waals surface area contributed by atoms with E-state index in [2.05, 4.69) is 20.6 Å². The normalized spacial score (nSPS) is 13.1. The fraction of sp³-hybridized carbons (Fsp3) is 0.500. The van der Waals surface area contributed by atoms with Crippen molar-refractivity contribution in [3.8, 4) is 11.5 Å². The molecule has 2 N–H and O–H groups in total. The molecule has 0 fully saturated rings. The molecule has 0 saturated carbocycles. The third-order valence-corrected chi connectivity index (χ3v) is 4.09. The van der Waals surface area contributed by atoms with E-state index in [4.69, 9.17) is 21.7 Å². The number of hydrogen-bond acceptors (Lipinski definition) is 6. The van der Waals surface area contributed by atoms with E-state index in [1.807, 2.05) is 25.1 Å². The van der Waals surface area contributed by atoms with E-state index in [1.165, 1.54) is 7.11 Å². The maximum Gasteiger partial charge on any atom is 0.305 e. The maximum atomic E-state index is 11.0. The third kappa shape index (κ3) is 6.51. The minimum absolute atomic E-state index is 0.168. The van der Waals surface area contributed by atoms with Crippen LogP contribution in [0.1, 0.15) is 38.2 Å². The SMILES string of the molecule is COC(=O)CCCCCNC(=S)N/N=C(/C)c1ccc2c(c1)OCCO2. The molecule has 1 aromatic carbocycles. The molecule has 1 aromatic rings. The van der Waals surface area contributed by atoms with Crippen molar-refractivity contribution >= 4 is 29.0 Å². The van der Waals surface area contributed by atoms with Gasteiger partial charge in [-0.2, -0.15) is 5.10 Å². The highest BCUT2D eigenvalue weighted by atomic mass is 32.1. The van der Waals surface area contributed by atoms with E-state index in [-0.39, 0.29) is 5.97 Å². The van der Waals surface area contributed by atoms with Crippen LogP contribution < -0.4 is 20.2 Å². The van der Waals surface area contributed by atoms with Crippen LogP contribution in [0.5, 0.6) is 11.5 Å². The maximum absolute atomic E-state index is 11.0. The van der Waals surface area contributed by atoms with Crippen LogP contribution in [0.3, 0.4) is 0 Å². The van der Waals surface area contributed by atoms with Gasteiger partial charge in [0.05, 0.1) is 12.8 Å². The zero-order valence-electron chi connectivity index (χ0n) is 15.2. The van der Waals surface area contributed by atoms with Gasteiger partial charge in [0.1, 0.15) is 13.2 Å². The van der Waals surface area contributed by atoms with Gasteiger partial charge in [-0.1, -0.05) is 6.42 Å². The monoisotopic (exact) mass is 379 g/mol. The average molecular weight is 379 g/mol. The molecule has 26 heavy (non-hydrogen) atoms. The van der Waals surface area contributed by atoms with E-state index < -0.39 is 0 Å². The largest absolute Gasteiger partial charge is 0.486 e. The number of unbranched alkanes of at least 4 members (excludes halogenated alkanes) is 2. The Kier molecular flexibility index (Phi) is 8.14. The van der Waals surface area contributed by atoms with Gasteiger partial charge >= 0.3 is 5.97 Å². The summed E-state index contributed by atoms with van der Waals surface area (Å²) < 4.78 is 15.7. The van der Waals surface area contributed by atoms with Crippen LogP contribution in [0, 0.1) is 0 Å². The van der Waals surface area contributed by atoms with Crippen molar-refractivity contribution in [2.75, 3.05) is 26.9 Å². The molecule has 142 valence electrons. The zero-order chi connectivity index (χ0) is 18.8. The number of hydrazone groups is 1. The Hall–Kier alpha value is -2.35. The molecule has 1 heterocycles. The number of nitrogens with one attached hydrogen (secondary N) is 2. The van der Waals surface area contributed by atoms with Gasteiger partial charge in [0.2, 0.25) is 0 Å². The van der Waals surface area contributed by atoms with Crippen LogP contribution in [0.4, 0.5) is 0 Å². The fourth-order valence-corrected chi connectivity index (χ4v) is 2.53. The van der Waals surface area contributed by atoms with Crippen LogP contribution in [0.25, 0.3) is 0 Å². The van der Waals surface area contributed by atoms with E-state index >= 15 is 0 Å². The first-order valence-electron chi connectivity index (χ1n) is 8.65. The standard InChI is InChI=1S/C18H25N3O4S/c1-13(14-7-8-15-16(12-14)25-11-10-24-15)20-21-18(26)19-9-5-3-4-6-17(22)23-2/h7-8,12H,3-6,9-11H2,1-2H3,(H2,19,21,26)/b20-13-. The number of nitrogens with zero attached hydrogens (tertiary/aromatic N) is 1. The van der Waals surface area contributed by atoms with Crippen LogP contribution in [-0.4, -0.2) is 43.7 Å². The van der Waals surface area contributed by atoms with Crippen LogP contribution in [-0.2, 0) is 9.53 Å². The van der Waals surface area contributed by atoms with Crippen molar-refractivity contribution in [2.24, 2.45) is 5.10 Å². The summed E-state index contributed by atoms with van der Waals surface area (Å²) in [5, 5.41) is 7.86. The van der Waals surface area contributed by atoms with E-state index in [9.17, 15) is 4.79 Å². The molecular weight excluding hydrogens is 354 g/mol. The number of thiocarbonyl (C=S) groups is 1. The Balaban J connectivity index is 1.69. The lowest BCUT2D eigenvalue weighted by atomic mass is 10.1. The molecule has 8 heteroatoms. The number of carbonyl (C=O) groups is 1. The average Bonchev–Trinajstić information content (AvgIpc) is 2.68. The second-order valence-electron chi connectivity index (χ2n) is 5.81. The third-order valence-electron chi connectivity index (χ3n) is 3.86. The Bertz CT molecular complexity index is 664. The minimum Gasteiger partial charge on any atom is -0.486 e. The molecular formula is C18H25N3O4S. The molecule has 1 aliphatic heterocycles. The fourth-order valence-electron chi connectivity index (χ4n) is 2.38. The summed E-state index contributed by atoms with van der Waals surface area (Å²) in [4.78, 5) is 11.0. The van der Waals surface area contributed by atoms with Crippen molar-refractivity contribution in [1.29, 1.82) is 0 Å². The second kappa shape index (κ2) is 10.6. The smallest absolute Gasteiger partial charge is 0.305 e. The number of esters is 1. The van der Waals surface area contributed by atoms with Crippen molar-refractivity contribution < 1.29 is 19.0 Å². The summed E-state index contributed by atoms with van der Waals surface area (Å²) in [6, 6.07) is 5.73. The lowest BCUT2D eigenvalue weighted by Crippen LogP contribution is -2.33. The Morgan fingerprint density at radius 1 is 1.23 bits per heavy atom. The Morgan fingerprint density at radius 2 is 2.00 bits per heavy atom. The topological polar surface area (TPSA) is 81.2 Å². The highest BCUT2D eigenvalue weighted by molar-refractivity contribution is 7.80. The summed E-state index contributed by atoms with van der Waals surface area (Å²) in [6.45, 7) is 3.75. The molecule has 1 aliphatic rings. The molecule has 0 radical (unpaired) electrons. The van der Waals surface area contributed by atoms with Gasteiger partial charge in [-0.15, -0.1) is 0 Å². The number of methoxy groups -OCH3 is 1. The van der Waals surface area contributed by atoms with Crippen molar-refractivity contribution in [1.82, 2.24) is 10.7 Å². The lowest BCUT2D eigenvalue weighted by molar-refractivity contribution is -0.140. The van der Waals surface area contributed by atoms with Gasteiger partial charge in [0.25, 0.3) is 0 Å². The summed E-state index contributed by atoms with van der Waals surface area (Å²) in [5.41, 5.74) is 4.57. The molecule has 0 amide bonds. The predicted molar refractivity (Wildman–Crippen MR) is 104 cm³/mol. The van der Waals surface area contributed by atoms with Crippen LogP contribution >= 0.6 is 12.2 Å². The van der Waals surface area contributed by atoms with Gasteiger partial charge in [-0.3, -0.25) is 10.2 Å². The van der Waals surface area contributed by atoms with Gasteiger partial charge < -0.3 is 19.5 Å². The van der Waals surface area contributed by atoms with Crippen molar-refractivity contribution in [3.63, 3.8) is 0 Å². The first-order chi connectivity index (χ1) is 12.6. The Morgan fingerprint density at radius 3 is 2.77 bits per heavy atom. The molecule has 0 aliphatic carbocycles. The number of rotatable bonds is 8. The summed E-state index contributed by atoms with van der Waals surface area (Å²) in [7, 11) is 1.40. The second-order valence-corrected chi connectivity index (χ2v) is 6.22. The number of fused-ring (bicyclic) bond motifs is 1. The lowest BCUT2D eigenvalue weighted by Gasteiger charge is -2.18. The van der Waals surface area contributed by atoms with Crippen molar-refractivity contribution in [2.45, 2.75) is 32.6 Å². The minimum atomic E-state index is -0.168. The summed E-state index contributed by atoms with van der Waals surface area (Å²) in [5.74, 6) is 1.32. The molecule has 0 atom stereocenters. The van der Waals surface area contributed by atoms with Crippen molar-refractivity contribution in [3.05, 3.63) is 23.8 Å². The van der Waals surface area contributed by atoms with E-state index in [1.54, 1.807) is 0 Å². The molecule has 0 spiro atoms. The molecule has 0 unspecified atom stereocenters. The van der Waals surface area contributed by atoms with E-state index in [0.29, 0.717) is 24.7 Å². The van der Waals surface area contributed by atoms with Crippen LogP contribution in [0.2, 0.25) is 0 Å². The quantitative estimate of drug-likeness (QED) is 0.236. The van der Waals surface area contributed by atoms with Gasteiger partial charge in [-0.25, -0.2) is 0 Å². The van der Waals surface area contributed by atoms with E-state index in [0.717, 1.165) is 48.6 Å². The first kappa shape index (κ1) is 20.0. The number of ether oxygens (including phenoxy) is 3. The number of hydrogen-bond donors (Lipinski definition) is 2. The molecule has 0 saturated heterocycles. The molecule has 7 nitrogen and oxygen atoms in total. The van der Waals surface area contributed by atoms with Gasteiger partial charge in [0.15, 0.2) is 16.6 Å².